The Morgan fingerprint density at radius 3 is 1.53 bits per heavy atom. The van der Waals surface area contributed by atoms with E-state index in [0.29, 0.717) is 0 Å². The fourth-order valence-electron chi connectivity index (χ4n) is 5.80. The van der Waals surface area contributed by atoms with Crippen LogP contribution < -0.4 is 0 Å². The Hall–Kier alpha value is -6.18. The largest absolute Gasteiger partial charge is 0.455 e. The van der Waals surface area contributed by atoms with Crippen molar-refractivity contribution in [2.45, 2.75) is 0 Å². The molecule has 0 aliphatic carbocycles. The van der Waals surface area contributed by atoms with E-state index in [-0.39, 0.29) is 33.0 Å². The van der Waals surface area contributed by atoms with Crippen molar-refractivity contribution in [2.24, 2.45) is 0 Å². The lowest BCUT2D eigenvalue weighted by molar-refractivity contribution is 0.632. The first-order valence-corrected chi connectivity index (χ1v) is 14.5. The molecule has 1 nitrogen and oxygen atoms in total. The smallest absolute Gasteiger partial charge is 0.143 e. The average molecular weight is 619 g/mol. The van der Waals surface area contributed by atoms with Crippen LogP contribution in [-0.2, 0) is 0 Å². The van der Waals surface area contributed by atoms with Gasteiger partial charge >= 0.3 is 0 Å². The van der Waals surface area contributed by atoms with Crippen molar-refractivity contribution < 1.29 is 31.8 Å². The number of hydrogen-bond acceptors (Lipinski definition) is 1. The summed E-state index contributed by atoms with van der Waals surface area (Å²) >= 11 is 0. The van der Waals surface area contributed by atoms with Crippen LogP contribution in [0.15, 0.2) is 186 Å². The van der Waals surface area contributed by atoms with Crippen molar-refractivity contribution in [1.82, 2.24) is 0 Å². The minimum absolute atomic E-state index is 0.0380. The van der Waals surface area contributed by atoms with E-state index in [1.165, 1.54) is 0 Å². The van der Waals surface area contributed by atoms with Gasteiger partial charge in [-0.05, 0) is 73.1 Å². The van der Waals surface area contributed by atoms with Crippen LogP contribution in [0.2, 0.25) is 0 Å². The van der Waals surface area contributed by atoms with E-state index in [1.54, 1.807) is 60.7 Å². The van der Waals surface area contributed by atoms with E-state index < -0.39 is 176 Å². The average Bonchev–Trinajstić information content (AvgIpc) is 3.71. The van der Waals surface area contributed by atoms with Gasteiger partial charge in [-0.25, -0.2) is 0 Å². The van der Waals surface area contributed by atoms with Gasteiger partial charge in [-0.1, -0.05) is 163 Å². The minimum Gasteiger partial charge on any atom is -0.455 e. The van der Waals surface area contributed by atoms with Crippen LogP contribution >= 0.6 is 0 Å². The molecule has 8 aromatic carbocycles. The third-order valence-corrected chi connectivity index (χ3v) is 7.81. The van der Waals surface area contributed by atoms with Gasteiger partial charge in [0.25, 0.3) is 0 Å². The molecule has 0 atom stereocenters. The molecular formula is C46H30O. The van der Waals surface area contributed by atoms with Crippen LogP contribution in [0, 0.1) is 0 Å². The molecule has 0 aliphatic heterocycles. The lowest BCUT2D eigenvalue weighted by Crippen LogP contribution is -1.91. The number of benzene rings is 8. The summed E-state index contributed by atoms with van der Waals surface area (Å²) < 4.78 is 188. The maximum Gasteiger partial charge on any atom is 0.143 e. The Kier molecular flexibility index (Phi) is 3.29. The van der Waals surface area contributed by atoms with Gasteiger partial charge in [-0.2, -0.15) is 0 Å². The Bertz CT molecular complexity index is 3570. The standard InChI is InChI=1S/C46H30O/c1-4-15-31(16-5-1)34-21-14-22-36(29-34)46-45(41-30-35(27-28-42(41)47-46)32-17-6-2-7-18-32)44-39-25-12-10-23-37(39)43(33-19-8-3-9-20-33)38-24-11-13-26-40(38)44/h1-30H/i2D,6D,7D,10D,11D,12D,13D,14D,17D,18D,21D,22D,23D,24D,25D,26D,27D,28D,29D,30D. The first-order chi connectivity index (χ1) is 31.7. The van der Waals surface area contributed by atoms with Crippen LogP contribution in [-0.4, -0.2) is 0 Å². The van der Waals surface area contributed by atoms with E-state index in [4.69, 9.17) is 19.5 Å². The van der Waals surface area contributed by atoms with Gasteiger partial charge in [-0.3, -0.25) is 0 Å². The summed E-state index contributed by atoms with van der Waals surface area (Å²) in [6.45, 7) is 0. The molecule has 0 aliphatic rings. The number of hydrogen-bond donors (Lipinski definition) is 0. The van der Waals surface area contributed by atoms with Crippen LogP contribution in [0.5, 0.6) is 0 Å². The number of rotatable bonds is 5. The monoisotopic (exact) mass is 618 g/mol. The molecule has 0 N–H and O–H groups in total. The maximum absolute atomic E-state index is 9.90. The van der Waals surface area contributed by atoms with Crippen molar-refractivity contribution in [1.29, 1.82) is 0 Å². The molecule has 9 aromatic rings. The van der Waals surface area contributed by atoms with E-state index in [0.717, 1.165) is 0 Å². The van der Waals surface area contributed by atoms with Crippen LogP contribution in [0.1, 0.15) is 27.4 Å². The van der Waals surface area contributed by atoms with Gasteiger partial charge in [0, 0.05) is 22.1 Å². The van der Waals surface area contributed by atoms with E-state index >= 15 is 0 Å². The zero-order valence-corrected chi connectivity index (χ0v) is 24.2. The highest BCUT2D eigenvalue weighted by Crippen LogP contribution is 2.50. The predicted octanol–water partition coefficient (Wildman–Crippen LogP) is 13.1. The minimum atomic E-state index is -0.856. The van der Waals surface area contributed by atoms with Gasteiger partial charge in [0.2, 0.25) is 0 Å². The second-order valence-corrected chi connectivity index (χ2v) is 10.5. The molecule has 1 aromatic heterocycles. The third-order valence-electron chi connectivity index (χ3n) is 7.81. The Balaban J connectivity index is 1.67. The van der Waals surface area contributed by atoms with Gasteiger partial charge in [0.15, 0.2) is 0 Å². The summed E-state index contributed by atoms with van der Waals surface area (Å²) in [4.78, 5) is 0. The lowest BCUT2D eigenvalue weighted by atomic mass is 9.84. The molecular weight excluding hydrogens is 569 g/mol. The van der Waals surface area contributed by atoms with Gasteiger partial charge < -0.3 is 4.42 Å². The van der Waals surface area contributed by atoms with Crippen molar-refractivity contribution in [2.75, 3.05) is 0 Å². The number of fused-ring (bicyclic) bond motifs is 3. The van der Waals surface area contributed by atoms with Gasteiger partial charge in [0.05, 0.1) is 27.4 Å². The fraction of sp³-hybridized carbons (Fsp3) is 0. The van der Waals surface area contributed by atoms with Crippen molar-refractivity contribution in [3.8, 4) is 55.8 Å². The lowest BCUT2D eigenvalue weighted by Gasteiger charge is -2.18. The molecule has 0 spiro atoms. The van der Waals surface area contributed by atoms with Gasteiger partial charge in [0.1, 0.15) is 11.3 Å². The molecule has 0 bridgehead atoms. The quantitative estimate of drug-likeness (QED) is 0.175. The topological polar surface area (TPSA) is 13.1 Å². The van der Waals surface area contributed by atoms with Crippen molar-refractivity contribution >= 4 is 32.5 Å². The first kappa shape index (κ1) is 13.7. The molecule has 1 heteroatoms. The van der Waals surface area contributed by atoms with Crippen LogP contribution in [0.4, 0.5) is 0 Å². The Morgan fingerprint density at radius 1 is 0.340 bits per heavy atom. The van der Waals surface area contributed by atoms with Crippen LogP contribution in [0.3, 0.4) is 0 Å². The molecule has 1 heterocycles. The highest BCUT2D eigenvalue weighted by atomic mass is 16.3. The Morgan fingerprint density at radius 2 is 0.872 bits per heavy atom. The van der Waals surface area contributed by atoms with E-state index in [2.05, 4.69) is 0 Å². The van der Waals surface area contributed by atoms with Crippen LogP contribution in [0.25, 0.3) is 88.3 Å². The molecule has 0 saturated carbocycles. The molecule has 0 radical (unpaired) electrons. The second kappa shape index (κ2) is 11.3. The summed E-state index contributed by atoms with van der Waals surface area (Å²) in [7, 11) is 0. The zero-order valence-electron chi connectivity index (χ0n) is 44.2. The molecule has 0 saturated heterocycles. The van der Waals surface area contributed by atoms with E-state index in [9.17, 15) is 12.3 Å². The Labute approximate surface area is 302 Å². The molecule has 0 unspecified atom stereocenters. The molecule has 9 rings (SSSR count). The zero-order chi connectivity index (χ0) is 48.6. The van der Waals surface area contributed by atoms with Crippen molar-refractivity contribution in [3.05, 3.63) is 182 Å². The highest BCUT2D eigenvalue weighted by molar-refractivity contribution is 6.25. The first-order valence-electron chi connectivity index (χ1n) is 24.5. The SMILES string of the molecule is [2H]c1c([2H])c([2H])c(-c2c([2H])c([2H])c3oc(-c4c([2H])c([2H])c([2H])c(-c5ccccc5)c4[2H])c(-c4c5c([2H])c([2H])c([2H])c([2H])c5c(-c5ccccc5)c5c([2H])c([2H])c([2H])c([2H])c45)c3c2[2H])c([2H])c1[2H]. The summed E-state index contributed by atoms with van der Waals surface area (Å²) in [6, 6.07) is 0.894. The molecule has 47 heavy (non-hydrogen) atoms. The summed E-state index contributed by atoms with van der Waals surface area (Å²) in [5.74, 6) is -0.634. The normalized spacial score (nSPS) is 17.4. The van der Waals surface area contributed by atoms with E-state index in [1.807, 2.05) is 0 Å². The summed E-state index contributed by atoms with van der Waals surface area (Å²) in [5.41, 5.74) is -3.16. The molecule has 0 amide bonds. The third kappa shape index (κ3) is 4.64. The highest BCUT2D eigenvalue weighted by Gasteiger charge is 2.24. The summed E-state index contributed by atoms with van der Waals surface area (Å²) in [5, 5.41) is -1.87. The predicted molar refractivity (Wildman–Crippen MR) is 198 cm³/mol. The van der Waals surface area contributed by atoms with Gasteiger partial charge in [-0.15, -0.1) is 0 Å². The summed E-state index contributed by atoms with van der Waals surface area (Å²) in [6.07, 6.45) is 0. The fourth-order valence-corrected chi connectivity index (χ4v) is 5.80. The maximum atomic E-state index is 9.90. The molecule has 0 fully saturated rings. The second-order valence-electron chi connectivity index (χ2n) is 10.5. The molecule has 220 valence electrons. The number of furan rings is 1. The van der Waals surface area contributed by atoms with Crippen molar-refractivity contribution in [3.63, 3.8) is 0 Å².